The number of amides is 4. The third kappa shape index (κ3) is 8.87. The molecule has 1 aromatic heterocycles. The Bertz CT molecular complexity index is 2200. The number of anilines is 2. The molecular weight excluding hydrogens is 759 g/mol. The number of nitrogens with zero attached hydrogens (tertiary/aromatic N) is 2. The van der Waals surface area contributed by atoms with Crippen LogP contribution >= 0.6 is 39.0 Å². The highest BCUT2D eigenvalue weighted by atomic mass is 79.9. The first-order chi connectivity index (χ1) is 25.2. The van der Waals surface area contributed by atoms with Gasteiger partial charge >= 0.3 is 0 Å². The molecule has 0 fully saturated rings. The summed E-state index contributed by atoms with van der Waals surface area (Å²) in [4.78, 5) is 56.2. The number of fused-ring (bicyclic) bond motifs is 1. The number of carbonyl (C=O) groups excluding carboxylic acids is 4. The zero-order chi connectivity index (χ0) is 36.6. The van der Waals surface area contributed by atoms with E-state index in [1.807, 2.05) is 66.7 Å². The summed E-state index contributed by atoms with van der Waals surface area (Å²) < 4.78 is 0.877. The summed E-state index contributed by atoms with van der Waals surface area (Å²) in [7, 11) is 0. The third-order valence-corrected chi connectivity index (χ3v) is 11.2. The molecule has 0 spiro atoms. The Balaban J connectivity index is 1.23. The van der Waals surface area contributed by atoms with Gasteiger partial charge < -0.3 is 20.9 Å². The smallest absolute Gasteiger partial charge is 0.272 e. The van der Waals surface area contributed by atoms with Gasteiger partial charge in [-0.2, -0.15) is 5.26 Å². The third-order valence-electron chi connectivity index (χ3n) is 8.25. The molecule has 0 saturated heterocycles. The van der Waals surface area contributed by atoms with Crippen LogP contribution in [0.2, 0.25) is 0 Å². The molecule has 2 heterocycles. The molecular formula is C40H32BrN5O4S2. The molecule has 12 heteroatoms. The molecule has 0 radical (unpaired) electrons. The van der Waals surface area contributed by atoms with Crippen LogP contribution in [0, 0.1) is 11.3 Å². The monoisotopic (exact) mass is 789 g/mol. The number of rotatable bonds is 10. The van der Waals surface area contributed by atoms with E-state index in [2.05, 4.69) is 37.9 Å². The molecule has 3 N–H and O–H groups in total. The Kier molecular flexibility index (Phi) is 11.7. The van der Waals surface area contributed by atoms with E-state index in [-0.39, 0.29) is 17.5 Å². The fraction of sp³-hybridized carbons (Fsp3) is 0.125. The Morgan fingerprint density at radius 1 is 0.923 bits per heavy atom. The maximum Gasteiger partial charge on any atom is 0.272 e. The van der Waals surface area contributed by atoms with Gasteiger partial charge in [0, 0.05) is 39.0 Å². The van der Waals surface area contributed by atoms with Gasteiger partial charge in [0.1, 0.15) is 22.0 Å². The summed E-state index contributed by atoms with van der Waals surface area (Å²) in [6.45, 7) is 2.46. The lowest BCUT2D eigenvalue weighted by atomic mass is 10.0. The Labute approximate surface area is 317 Å². The van der Waals surface area contributed by atoms with Crippen molar-refractivity contribution >= 4 is 79.4 Å². The van der Waals surface area contributed by atoms with Gasteiger partial charge in [-0.3, -0.25) is 19.2 Å². The summed E-state index contributed by atoms with van der Waals surface area (Å²) in [6.07, 6.45) is 2.15. The lowest BCUT2D eigenvalue weighted by Crippen LogP contribution is -2.33. The van der Waals surface area contributed by atoms with E-state index >= 15 is 0 Å². The second-order valence-corrected chi connectivity index (χ2v) is 15.0. The highest BCUT2D eigenvalue weighted by molar-refractivity contribution is 9.10. The van der Waals surface area contributed by atoms with Crippen LogP contribution in [0.4, 0.5) is 10.7 Å². The Morgan fingerprint density at radius 2 is 1.63 bits per heavy atom. The van der Waals surface area contributed by atoms with E-state index in [9.17, 15) is 24.4 Å². The van der Waals surface area contributed by atoms with Crippen molar-refractivity contribution in [2.24, 2.45) is 0 Å². The second kappa shape index (κ2) is 16.7. The minimum atomic E-state index is -0.704. The number of thioether (sulfide) groups is 1. The van der Waals surface area contributed by atoms with Crippen LogP contribution < -0.4 is 16.0 Å². The number of nitrogens with one attached hydrogen (secondary N) is 3. The van der Waals surface area contributed by atoms with Crippen molar-refractivity contribution in [1.82, 2.24) is 10.2 Å². The molecule has 1 unspecified atom stereocenters. The predicted molar refractivity (Wildman–Crippen MR) is 209 cm³/mol. The molecule has 1 aliphatic heterocycles. The molecule has 4 amide bonds. The molecule has 0 saturated carbocycles. The molecule has 0 bridgehead atoms. The number of thiophene rings is 1. The predicted octanol–water partition coefficient (Wildman–Crippen LogP) is 8.17. The van der Waals surface area contributed by atoms with Gasteiger partial charge in [0.25, 0.3) is 11.8 Å². The SMILES string of the molecule is CC(=O)N1CCc2c(sc(NC(=O)C(Sc3cccc(NC(=O)/C(=C\c4ccc(Br)cc4)NC(=O)c4ccccc4)c3)c3ccccc3)c2C#N)C1. The Morgan fingerprint density at radius 3 is 2.33 bits per heavy atom. The van der Waals surface area contributed by atoms with Gasteiger partial charge in [0.15, 0.2) is 0 Å². The van der Waals surface area contributed by atoms with Gasteiger partial charge in [0.2, 0.25) is 11.8 Å². The first-order valence-corrected chi connectivity index (χ1v) is 18.7. The zero-order valence-electron chi connectivity index (χ0n) is 27.9. The molecule has 9 nitrogen and oxygen atoms in total. The first kappa shape index (κ1) is 36.3. The number of hydrogen-bond donors (Lipinski definition) is 3. The van der Waals surface area contributed by atoms with E-state index in [1.165, 1.54) is 30.0 Å². The minimum Gasteiger partial charge on any atom is -0.337 e. The van der Waals surface area contributed by atoms with E-state index in [4.69, 9.17) is 0 Å². The van der Waals surface area contributed by atoms with Crippen LogP contribution in [0.3, 0.4) is 0 Å². The van der Waals surface area contributed by atoms with Crippen LogP contribution in [-0.4, -0.2) is 35.1 Å². The molecule has 5 aromatic rings. The fourth-order valence-corrected chi connectivity index (χ4v) is 8.17. The van der Waals surface area contributed by atoms with Gasteiger partial charge in [-0.05, 0) is 71.7 Å². The largest absolute Gasteiger partial charge is 0.337 e. The van der Waals surface area contributed by atoms with Crippen LogP contribution in [0.25, 0.3) is 6.08 Å². The number of halogens is 1. The topological polar surface area (TPSA) is 131 Å². The Hall–Kier alpha value is -5.48. The molecule has 52 heavy (non-hydrogen) atoms. The van der Waals surface area contributed by atoms with Crippen molar-refractivity contribution in [3.8, 4) is 6.07 Å². The van der Waals surface area contributed by atoms with Gasteiger partial charge in [0.05, 0.1) is 12.1 Å². The van der Waals surface area contributed by atoms with Gasteiger partial charge in [-0.1, -0.05) is 82.7 Å². The van der Waals surface area contributed by atoms with E-state index < -0.39 is 17.1 Å². The molecule has 1 atom stereocenters. The van der Waals surface area contributed by atoms with Crippen molar-refractivity contribution < 1.29 is 19.2 Å². The molecule has 4 aromatic carbocycles. The minimum absolute atomic E-state index is 0.0316. The average molecular weight is 791 g/mol. The summed E-state index contributed by atoms with van der Waals surface area (Å²) in [5.74, 6) is -1.30. The molecule has 260 valence electrons. The lowest BCUT2D eigenvalue weighted by molar-refractivity contribution is -0.129. The number of carbonyl (C=O) groups is 4. The highest BCUT2D eigenvalue weighted by Gasteiger charge is 2.29. The lowest BCUT2D eigenvalue weighted by Gasteiger charge is -2.25. The maximum absolute atomic E-state index is 14.0. The molecule has 6 rings (SSSR count). The normalized spacial score (nSPS) is 12.9. The number of benzene rings is 4. The first-order valence-electron chi connectivity index (χ1n) is 16.3. The second-order valence-electron chi connectivity index (χ2n) is 11.8. The van der Waals surface area contributed by atoms with Crippen molar-refractivity contribution in [1.29, 1.82) is 5.26 Å². The van der Waals surface area contributed by atoms with Gasteiger partial charge in [-0.15, -0.1) is 23.1 Å². The van der Waals surface area contributed by atoms with Crippen molar-refractivity contribution in [2.75, 3.05) is 17.2 Å². The van der Waals surface area contributed by atoms with Crippen molar-refractivity contribution in [3.63, 3.8) is 0 Å². The van der Waals surface area contributed by atoms with E-state index in [0.717, 1.165) is 20.5 Å². The molecule has 1 aliphatic rings. The summed E-state index contributed by atoms with van der Waals surface area (Å²) in [5, 5.41) is 18.5. The quantitative estimate of drug-likeness (QED) is 0.0967. The van der Waals surface area contributed by atoms with Crippen molar-refractivity contribution in [3.05, 3.63) is 152 Å². The number of hydrogen-bond acceptors (Lipinski definition) is 7. The maximum atomic E-state index is 14.0. The van der Waals surface area contributed by atoms with E-state index in [1.54, 1.807) is 53.4 Å². The zero-order valence-corrected chi connectivity index (χ0v) is 31.1. The summed E-state index contributed by atoms with van der Waals surface area (Å²) >= 11 is 6.05. The van der Waals surface area contributed by atoms with Gasteiger partial charge in [-0.25, -0.2) is 0 Å². The number of nitriles is 1. The van der Waals surface area contributed by atoms with Crippen LogP contribution in [0.1, 0.15) is 49.7 Å². The molecule has 0 aliphatic carbocycles. The standard InChI is InChI=1S/C40H32BrN5O4S2/c1-25(47)46-20-19-32-33(23-42)40(52-35(32)24-46)45-39(50)36(27-9-4-2-5-10-27)51-31-14-8-13-30(22-31)43-38(49)34(21-26-15-17-29(41)18-16-26)44-37(48)28-11-6-3-7-12-28/h2-18,21-22,36H,19-20,24H2,1H3,(H,43,49)(H,44,48)(H,45,50)/b34-21+. The summed E-state index contributed by atoms with van der Waals surface area (Å²) in [5.41, 5.74) is 3.70. The highest BCUT2D eigenvalue weighted by Crippen LogP contribution is 2.40. The van der Waals surface area contributed by atoms with Crippen LogP contribution in [0.15, 0.2) is 124 Å². The van der Waals surface area contributed by atoms with Crippen LogP contribution in [-0.2, 0) is 27.3 Å². The summed E-state index contributed by atoms with van der Waals surface area (Å²) in [6, 6.07) is 34.7. The van der Waals surface area contributed by atoms with Crippen molar-refractivity contribution in [2.45, 2.75) is 30.0 Å². The fourth-order valence-electron chi connectivity index (χ4n) is 5.61. The van der Waals surface area contributed by atoms with E-state index in [0.29, 0.717) is 51.8 Å². The average Bonchev–Trinajstić information content (AvgIpc) is 3.51. The van der Waals surface area contributed by atoms with Crippen LogP contribution in [0.5, 0.6) is 0 Å².